The van der Waals surface area contributed by atoms with Crippen molar-refractivity contribution >= 4 is 11.9 Å². The van der Waals surface area contributed by atoms with Crippen molar-refractivity contribution < 1.29 is 28.9 Å². The van der Waals surface area contributed by atoms with Gasteiger partial charge in [-0.15, -0.1) is 0 Å². The fraction of sp³-hybridized carbons (Fsp3) is 0.778. The molecule has 0 aromatic heterocycles. The van der Waals surface area contributed by atoms with Crippen molar-refractivity contribution in [2.24, 2.45) is 0 Å². The topological polar surface area (TPSA) is 82.1 Å². The zero-order chi connectivity index (χ0) is 31.4. The normalized spacial score (nSPS) is 11.9. The zero-order valence-electron chi connectivity index (χ0n) is 28.1. The minimum Gasteiger partial charge on any atom is -0.508 e. The average Bonchev–Trinajstić information content (AvgIpc) is 2.93. The summed E-state index contributed by atoms with van der Waals surface area (Å²) in [6.07, 6.45) is 14.4. The number of carbonyl (C=O) groups is 2. The van der Waals surface area contributed by atoms with Crippen LogP contribution in [-0.4, -0.2) is 36.9 Å². The van der Waals surface area contributed by atoms with Crippen LogP contribution in [0, 0.1) is 0 Å². The lowest BCUT2D eigenvalue weighted by molar-refractivity contribution is -0.144. The summed E-state index contributed by atoms with van der Waals surface area (Å²) < 4.78 is 17.1. The van der Waals surface area contributed by atoms with Gasteiger partial charge < -0.3 is 19.3 Å². The fourth-order valence-corrected chi connectivity index (χ4v) is 5.28. The van der Waals surface area contributed by atoms with E-state index in [2.05, 4.69) is 48.5 Å². The summed E-state index contributed by atoms with van der Waals surface area (Å²) in [5.41, 5.74) is 1.13. The first kappa shape index (κ1) is 37.8. The summed E-state index contributed by atoms with van der Waals surface area (Å²) in [5, 5.41) is 11.2. The van der Waals surface area contributed by atoms with Gasteiger partial charge in [0.15, 0.2) is 0 Å². The van der Waals surface area contributed by atoms with E-state index in [0.717, 1.165) is 81.1 Å². The third kappa shape index (κ3) is 14.8. The van der Waals surface area contributed by atoms with Gasteiger partial charge in [-0.25, -0.2) is 0 Å². The van der Waals surface area contributed by atoms with Crippen LogP contribution < -0.4 is 4.74 Å². The van der Waals surface area contributed by atoms with Crippen LogP contribution >= 0.6 is 0 Å². The maximum absolute atomic E-state index is 12.3. The summed E-state index contributed by atoms with van der Waals surface area (Å²) in [7, 11) is 0. The second kappa shape index (κ2) is 20.6. The second-order valence-electron chi connectivity index (χ2n) is 13.1. The van der Waals surface area contributed by atoms with E-state index in [4.69, 9.17) is 14.2 Å². The molecule has 0 fully saturated rings. The minimum atomic E-state index is -0.349. The molecule has 0 aliphatic carbocycles. The number of phenols is 1. The van der Waals surface area contributed by atoms with Crippen LogP contribution in [0.25, 0.3) is 0 Å². The van der Waals surface area contributed by atoms with Crippen LogP contribution in [0.3, 0.4) is 0 Å². The van der Waals surface area contributed by atoms with Crippen molar-refractivity contribution in [3.8, 4) is 11.5 Å². The third-order valence-electron chi connectivity index (χ3n) is 8.20. The van der Waals surface area contributed by atoms with Crippen molar-refractivity contribution in [2.75, 3.05) is 19.8 Å². The Morgan fingerprint density at radius 3 is 1.57 bits per heavy atom. The molecule has 1 rings (SSSR count). The predicted molar refractivity (Wildman–Crippen MR) is 172 cm³/mol. The van der Waals surface area contributed by atoms with Crippen molar-refractivity contribution in [1.29, 1.82) is 0 Å². The molecule has 0 saturated carbocycles. The largest absolute Gasteiger partial charge is 0.508 e. The van der Waals surface area contributed by atoms with Crippen molar-refractivity contribution in [1.82, 2.24) is 0 Å². The maximum Gasteiger partial charge on any atom is 0.305 e. The van der Waals surface area contributed by atoms with Crippen LogP contribution in [0.1, 0.15) is 162 Å². The van der Waals surface area contributed by atoms with E-state index in [1.165, 1.54) is 12.8 Å². The lowest BCUT2D eigenvalue weighted by Crippen LogP contribution is -2.22. The molecule has 1 aromatic rings. The van der Waals surface area contributed by atoms with E-state index in [-0.39, 0.29) is 28.5 Å². The van der Waals surface area contributed by atoms with Gasteiger partial charge in [-0.05, 0) is 67.9 Å². The van der Waals surface area contributed by atoms with Gasteiger partial charge in [-0.2, -0.15) is 0 Å². The molecule has 0 bridgehead atoms. The summed E-state index contributed by atoms with van der Waals surface area (Å²) in [4.78, 5) is 24.5. The highest BCUT2D eigenvalue weighted by Gasteiger charge is 2.31. The number of carbonyl (C=O) groups excluding carboxylic acids is 2. The minimum absolute atomic E-state index is 0.137. The Hall–Kier alpha value is -2.24. The van der Waals surface area contributed by atoms with Gasteiger partial charge in [0.1, 0.15) is 11.5 Å². The number of esters is 2. The summed E-state index contributed by atoms with van der Waals surface area (Å²) >= 11 is 0. The number of benzene rings is 1. The number of phenolic OH excluding ortho intramolecular Hbond substituents is 1. The average molecular weight is 591 g/mol. The van der Waals surface area contributed by atoms with E-state index in [1.807, 2.05) is 12.1 Å². The van der Waals surface area contributed by atoms with Gasteiger partial charge in [0.05, 0.1) is 19.8 Å². The molecule has 1 N–H and O–H groups in total. The highest BCUT2D eigenvalue weighted by Crippen LogP contribution is 2.44. The Balaban J connectivity index is 2.86. The Morgan fingerprint density at radius 1 is 0.619 bits per heavy atom. The second-order valence-corrected chi connectivity index (χ2v) is 13.1. The molecule has 0 aliphatic rings. The van der Waals surface area contributed by atoms with Crippen LogP contribution in [0.2, 0.25) is 0 Å². The standard InChI is InChI=1S/C36H62O6/c1-8-11-14-16-25-41-33(38)20-18-22-35(4,5)29-28-32(40-24-13-10-3)30(27-31(29)37)36(6,7)23-19-21-34(39)42-26-17-15-12-9-2/h27-28,37H,8-26H2,1-7H3. The predicted octanol–water partition coefficient (Wildman–Crippen LogP) is 9.71. The highest BCUT2D eigenvalue weighted by molar-refractivity contribution is 5.69. The van der Waals surface area contributed by atoms with E-state index in [9.17, 15) is 14.7 Å². The molecule has 6 heteroatoms. The number of hydrogen-bond acceptors (Lipinski definition) is 6. The molecule has 0 amide bonds. The molecular weight excluding hydrogens is 528 g/mol. The number of ether oxygens (including phenoxy) is 3. The Bertz CT molecular complexity index is 904. The number of hydrogen-bond donors (Lipinski definition) is 1. The maximum atomic E-state index is 12.3. The summed E-state index contributed by atoms with van der Waals surface area (Å²) in [5.74, 6) is 0.754. The molecule has 42 heavy (non-hydrogen) atoms. The molecule has 0 heterocycles. The van der Waals surface area contributed by atoms with Gasteiger partial charge in [-0.3, -0.25) is 9.59 Å². The first-order valence-corrected chi connectivity index (χ1v) is 16.8. The van der Waals surface area contributed by atoms with E-state index < -0.39 is 0 Å². The first-order chi connectivity index (χ1) is 20.0. The van der Waals surface area contributed by atoms with Crippen LogP contribution in [0.15, 0.2) is 12.1 Å². The van der Waals surface area contributed by atoms with E-state index >= 15 is 0 Å². The van der Waals surface area contributed by atoms with Crippen LogP contribution in [-0.2, 0) is 29.9 Å². The molecule has 0 aliphatic heterocycles. The molecule has 0 unspecified atom stereocenters. The number of rotatable bonds is 24. The molecule has 0 spiro atoms. The highest BCUT2D eigenvalue weighted by atomic mass is 16.5. The lowest BCUT2D eigenvalue weighted by atomic mass is 9.75. The summed E-state index contributed by atoms with van der Waals surface area (Å²) in [6.45, 7) is 16.6. The Kier molecular flexibility index (Phi) is 18.6. The van der Waals surface area contributed by atoms with Crippen molar-refractivity contribution in [2.45, 2.75) is 162 Å². The Morgan fingerprint density at radius 2 is 1.10 bits per heavy atom. The Labute approximate surface area is 257 Å². The molecule has 0 saturated heterocycles. The van der Waals surface area contributed by atoms with E-state index in [0.29, 0.717) is 45.5 Å². The van der Waals surface area contributed by atoms with Crippen LogP contribution in [0.5, 0.6) is 11.5 Å². The third-order valence-corrected chi connectivity index (χ3v) is 8.20. The van der Waals surface area contributed by atoms with E-state index in [1.54, 1.807) is 0 Å². The molecular formula is C36H62O6. The first-order valence-electron chi connectivity index (χ1n) is 16.8. The molecule has 0 radical (unpaired) electrons. The van der Waals surface area contributed by atoms with Crippen molar-refractivity contribution in [3.05, 3.63) is 23.3 Å². The molecule has 242 valence electrons. The lowest BCUT2D eigenvalue weighted by Gasteiger charge is -2.32. The summed E-state index contributed by atoms with van der Waals surface area (Å²) in [6, 6.07) is 3.85. The number of unbranched alkanes of at least 4 members (excludes halogenated alkanes) is 7. The van der Waals surface area contributed by atoms with Gasteiger partial charge in [0.2, 0.25) is 0 Å². The SMILES string of the molecule is CCCCCCOC(=O)CCCC(C)(C)c1cc(OCCCC)c(C(C)(C)CCCC(=O)OCCCCCC)cc1O. The molecule has 6 nitrogen and oxygen atoms in total. The monoisotopic (exact) mass is 590 g/mol. The van der Waals surface area contributed by atoms with Gasteiger partial charge >= 0.3 is 11.9 Å². The zero-order valence-corrected chi connectivity index (χ0v) is 28.1. The fourth-order valence-electron chi connectivity index (χ4n) is 5.28. The molecule has 1 aromatic carbocycles. The van der Waals surface area contributed by atoms with Crippen molar-refractivity contribution in [3.63, 3.8) is 0 Å². The number of aromatic hydroxyl groups is 1. The van der Waals surface area contributed by atoms with Gasteiger partial charge in [-0.1, -0.05) is 93.4 Å². The quantitative estimate of drug-likeness (QED) is 0.0953. The van der Waals surface area contributed by atoms with Crippen LogP contribution in [0.4, 0.5) is 0 Å². The molecule has 0 atom stereocenters. The smallest absolute Gasteiger partial charge is 0.305 e. The van der Waals surface area contributed by atoms with Gasteiger partial charge in [0, 0.05) is 24.0 Å². The van der Waals surface area contributed by atoms with Gasteiger partial charge in [0.25, 0.3) is 0 Å².